The van der Waals surface area contributed by atoms with Crippen LogP contribution >= 0.6 is 0 Å². The van der Waals surface area contributed by atoms with Crippen molar-refractivity contribution in [1.82, 2.24) is 24.6 Å². The highest BCUT2D eigenvalue weighted by Crippen LogP contribution is 2.35. The topological polar surface area (TPSA) is 63.2 Å². The van der Waals surface area contributed by atoms with Crippen molar-refractivity contribution in [2.75, 3.05) is 26.2 Å². The maximum absolute atomic E-state index is 5.96. The van der Waals surface area contributed by atoms with Gasteiger partial charge in [-0.3, -0.25) is 4.90 Å². The van der Waals surface area contributed by atoms with E-state index in [-0.39, 0.29) is 0 Å². The molecule has 0 aromatic carbocycles. The molecule has 3 heterocycles. The normalized spacial score (nSPS) is 29.7. The second-order valence-electron chi connectivity index (χ2n) is 8.25. The minimum absolute atomic E-state index is 0.365. The van der Waals surface area contributed by atoms with Gasteiger partial charge >= 0.3 is 0 Å². The number of hydrogen-bond acceptors (Lipinski definition) is 5. The quantitative estimate of drug-likeness (QED) is 0.883. The second kappa shape index (κ2) is 7.72. The van der Waals surface area contributed by atoms with E-state index < -0.39 is 0 Å². The van der Waals surface area contributed by atoms with Crippen LogP contribution in [0.4, 0.5) is 0 Å². The van der Waals surface area contributed by atoms with Crippen LogP contribution in [0.25, 0.3) is 0 Å². The number of rotatable bonds is 5. The minimum Gasteiger partial charge on any atom is -0.328 e. The lowest BCUT2D eigenvalue weighted by Gasteiger charge is -2.40. The van der Waals surface area contributed by atoms with Gasteiger partial charge in [-0.25, -0.2) is 0 Å². The zero-order valence-electron chi connectivity index (χ0n) is 15.7. The zero-order chi connectivity index (χ0) is 17.2. The van der Waals surface area contributed by atoms with Gasteiger partial charge in [0.05, 0.1) is 6.54 Å². The van der Waals surface area contributed by atoms with Gasteiger partial charge in [0, 0.05) is 37.6 Å². The van der Waals surface area contributed by atoms with E-state index in [1.165, 1.54) is 64.1 Å². The lowest BCUT2D eigenvalue weighted by atomic mass is 9.80. The maximum atomic E-state index is 5.96. The summed E-state index contributed by atoms with van der Waals surface area (Å²) in [6.45, 7) is 9.16. The van der Waals surface area contributed by atoms with Crippen LogP contribution in [0.3, 0.4) is 0 Å². The number of aromatic nitrogens is 3. The Morgan fingerprint density at radius 2 is 1.72 bits per heavy atom. The molecule has 140 valence electrons. The first kappa shape index (κ1) is 17.4. The SMILES string of the molecule is CCn1c(CN2CCC(N3CCCCC3)CC2)nnc1C1CC(N)C1. The summed E-state index contributed by atoms with van der Waals surface area (Å²) in [7, 11) is 0. The Morgan fingerprint density at radius 1 is 1.00 bits per heavy atom. The molecule has 2 saturated heterocycles. The predicted octanol–water partition coefficient (Wildman–Crippen LogP) is 1.95. The van der Waals surface area contributed by atoms with Crippen molar-refractivity contribution in [3.05, 3.63) is 11.6 Å². The number of likely N-dealkylation sites (tertiary alicyclic amines) is 2. The molecule has 0 radical (unpaired) electrons. The molecule has 6 heteroatoms. The molecule has 0 bridgehead atoms. The van der Waals surface area contributed by atoms with Crippen LogP contribution < -0.4 is 5.73 Å². The van der Waals surface area contributed by atoms with E-state index in [0.717, 1.165) is 37.8 Å². The lowest BCUT2D eigenvalue weighted by molar-refractivity contribution is 0.0879. The predicted molar refractivity (Wildman–Crippen MR) is 99.4 cm³/mol. The van der Waals surface area contributed by atoms with Gasteiger partial charge in [-0.15, -0.1) is 10.2 Å². The van der Waals surface area contributed by atoms with E-state index in [1.54, 1.807) is 0 Å². The zero-order valence-corrected chi connectivity index (χ0v) is 15.7. The fourth-order valence-electron chi connectivity index (χ4n) is 4.91. The van der Waals surface area contributed by atoms with Crippen molar-refractivity contribution >= 4 is 0 Å². The van der Waals surface area contributed by atoms with Crippen LogP contribution in [0.5, 0.6) is 0 Å². The summed E-state index contributed by atoms with van der Waals surface area (Å²) >= 11 is 0. The molecule has 0 spiro atoms. The van der Waals surface area contributed by atoms with Crippen LogP contribution in [0.1, 0.15) is 69.4 Å². The Labute approximate surface area is 151 Å². The average Bonchev–Trinajstić information content (AvgIpc) is 3.02. The van der Waals surface area contributed by atoms with E-state index in [9.17, 15) is 0 Å². The number of hydrogen-bond donors (Lipinski definition) is 1. The maximum Gasteiger partial charge on any atom is 0.147 e. The van der Waals surface area contributed by atoms with Crippen LogP contribution in [0, 0.1) is 0 Å². The van der Waals surface area contributed by atoms with Crippen molar-refractivity contribution in [2.24, 2.45) is 5.73 Å². The summed E-state index contributed by atoms with van der Waals surface area (Å²) < 4.78 is 2.34. The van der Waals surface area contributed by atoms with Crippen molar-refractivity contribution in [1.29, 1.82) is 0 Å². The van der Waals surface area contributed by atoms with Gasteiger partial charge in [-0.1, -0.05) is 6.42 Å². The minimum atomic E-state index is 0.365. The van der Waals surface area contributed by atoms with Crippen LogP contribution in [-0.2, 0) is 13.1 Å². The Morgan fingerprint density at radius 3 is 2.36 bits per heavy atom. The monoisotopic (exact) mass is 346 g/mol. The van der Waals surface area contributed by atoms with E-state index in [4.69, 9.17) is 5.73 Å². The Kier molecular flexibility index (Phi) is 5.39. The van der Waals surface area contributed by atoms with Gasteiger partial charge in [0.2, 0.25) is 0 Å². The molecule has 0 amide bonds. The van der Waals surface area contributed by atoms with E-state index in [0.29, 0.717) is 12.0 Å². The smallest absolute Gasteiger partial charge is 0.147 e. The van der Waals surface area contributed by atoms with Gasteiger partial charge in [-0.05, 0) is 58.5 Å². The summed E-state index contributed by atoms with van der Waals surface area (Å²) in [5, 5.41) is 9.06. The highest BCUT2D eigenvalue weighted by atomic mass is 15.3. The number of nitrogens with two attached hydrogens (primary N) is 1. The molecule has 1 aliphatic carbocycles. The first-order chi connectivity index (χ1) is 12.2. The molecule has 3 fully saturated rings. The molecule has 2 aliphatic heterocycles. The van der Waals surface area contributed by atoms with Crippen LogP contribution in [-0.4, -0.2) is 62.8 Å². The summed E-state index contributed by atoms with van der Waals surface area (Å²) in [5.74, 6) is 2.85. The molecule has 1 saturated carbocycles. The van der Waals surface area contributed by atoms with Gasteiger partial charge in [-0.2, -0.15) is 0 Å². The third-order valence-corrected chi connectivity index (χ3v) is 6.54. The fourth-order valence-corrected chi connectivity index (χ4v) is 4.91. The van der Waals surface area contributed by atoms with Gasteiger partial charge in [0.25, 0.3) is 0 Å². The van der Waals surface area contributed by atoms with Gasteiger partial charge in [0.15, 0.2) is 0 Å². The molecule has 0 atom stereocenters. The molecule has 2 N–H and O–H groups in total. The number of piperidine rings is 2. The first-order valence-corrected chi connectivity index (χ1v) is 10.4. The average molecular weight is 347 g/mol. The molecule has 1 aromatic heterocycles. The third-order valence-electron chi connectivity index (χ3n) is 6.54. The summed E-state index contributed by atoms with van der Waals surface area (Å²) in [6.07, 6.45) is 8.98. The largest absolute Gasteiger partial charge is 0.328 e. The van der Waals surface area contributed by atoms with Crippen molar-refractivity contribution in [3.63, 3.8) is 0 Å². The van der Waals surface area contributed by atoms with Gasteiger partial charge in [0.1, 0.15) is 11.6 Å². The van der Waals surface area contributed by atoms with Crippen LogP contribution in [0.15, 0.2) is 0 Å². The fraction of sp³-hybridized carbons (Fsp3) is 0.895. The Balaban J connectivity index is 1.32. The van der Waals surface area contributed by atoms with Crippen molar-refractivity contribution in [2.45, 2.75) is 83.0 Å². The molecular weight excluding hydrogens is 312 g/mol. The molecule has 6 nitrogen and oxygen atoms in total. The highest BCUT2D eigenvalue weighted by Gasteiger charge is 2.32. The van der Waals surface area contributed by atoms with E-state index in [1.807, 2.05) is 0 Å². The van der Waals surface area contributed by atoms with E-state index >= 15 is 0 Å². The van der Waals surface area contributed by atoms with E-state index in [2.05, 4.69) is 31.5 Å². The molecule has 0 unspecified atom stereocenters. The second-order valence-corrected chi connectivity index (χ2v) is 8.25. The van der Waals surface area contributed by atoms with Crippen LogP contribution in [0.2, 0.25) is 0 Å². The van der Waals surface area contributed by atoms with Crippen molar-refractivity contribution < 1.29 is 0 Å². The summed E-state index contributed by atoms with van der Waals surface area (Å²) in [5.41, 5.74) is 5.96. The number of nitrogens with zero attached hydrogens (tertiary/aromatic N) is 5. The Hall–Kier alpha value is -0.980. The molecule has 25 heavy (non-hydrogen) atoms. The molecule has 4 rings (SSSR count). The van der Waals surface area contributed by atoms with Gasteiger partial charge < -0.3 is 15.2 Å². The lowest BCUT2D eigenvalue weighted by Crippen LogP contribution is -2.46. The molecule has 3 aliphatic rings. The molecular formula is C19H34N6. The van der Waals surface area contributed by atoms with Crippen molar-refractivity contribution in [3.8, 4) is 0 Å². The first-order valence-electron chi connectivity index (χ1n) is 10.4. The highest BCUT2D eigenvalue weighted by molar-refractivity contribution is 5.08. The third kappa shape index (κ3) is 3.76. The standard InChI is InChI=1S/C19H34N6/c1-2-25-18(21-22-19(25)15-12-16(20)13-15)14-23-10-6-17(7-11-23)24-8-4-3-5-9-24/h15-17H,2-14,20H2,1H3. The molecule has 1 aromatic rings. The summed E-state index contributed by atoms with van der Waals surface area (Å²) in [6, 6.07) is 1.18. The summed E-state index contributed by atoms with van der Waals surface area (Å²) in [4.78, 5) is 5.32. The Bertz CT molecular complexity index is 550.